The van der Waals surface area contributed by atoms with Gasteiger partial charge in [-0.05, 0) is 166 Å². The Hall–Kier alpha value is -8.38. The molecule has 0 bridgehead atoms. The number of quaternary nitrogens is 1. The Labute approximate surface area is 782 Å². The number of halogens is 9. The molecule has 8 saturated carbocycles. The van der Waals surface area contributed by atoms with Gasteiger partial charge in [-0.3, -0.25) is 47.9 Å². The van der Waals surface area contributed by atoms with Gasteiger partial charge in [-0.1, -0.05) is 77.9 Å². The molecular formula is C98H116BrF8NO20S4. The predicted octanol–water partition coefficient (Wildman–Crippen LogP) is 12.9. The molecule has 132 heavy (non-hydrogen) atoms. The lowest BCUT2D eigenvalue weighted by Gasteiger charge is -2.58. The number of Topliss-reactive ketones (excluding diaryl/α,β-unsaturated/α-hetero) is 6. The van der Waals surface area contributed by atoms with Crippen molar-refractivity contribution in [1.29, 1.82) is 0 Å². The molecule has 8 fully saturated rings. The summed E-state index contributed by atoms with van der Waals surface area (Å²) in [5.41, 5.74) is -1.56. The van der Waals surface area contributed by atoms with Crippen LogP contribution in [0.25, 0.3) is 0 Å². The van der Waals surface area contributed by atoms with Gasteiger partial charge in [0.05, 0.1) is 41.4 Å². The fourth-order valence-electron chi connectivity index (χ4n) is 22.3. The highest BCUT2D eigenvalue weighted by atomic mass is 79.9. The molecule has 6 aromatic carbocycles. The molecule has 720 valence electrons. The van der Waals surface area contributed by atoms with Crippen molar-refractivity contribution in [3.63, 3.8) is 0 Å². The van der Waals surface area contributed by atoms with Crippen molar-refractivity contribution in [3.05, 3.63) is 180 Å². The van der Waals surface area contributed by atoms with Crippen molar-refractivity contribution >= 4 is 101 Å². The van der Waals surface area contributed by atoms with Gasteiger partial charge in [-0.25, -0.2) is 52.0 Å². The van der Waals surface area contributed by atoms with Crippen LogP contribution in [0.15, 0.2) is 163 Å². The Morgan fingerprint density at radius 2 is 0.689 bits per heavy atom. The van der Waals surface area contributed by atoms with E-state index in [9.17, 15) is 109 Å². The Balaban J connectivity index is 0.000000197. The molecule has 8 unspecified atom stereocenters. The zero-order valence-electron chi connectivity index (χ0n) is 75.4. The fourth-order valence-corrected chi connectivity index (χ4v) is 27.4. The highest BCUT2D eigenvalue weighted by Gasteiger charge is 2.68. The lowest BCUT2D eigenvalue weighted by molar-refractivity contribution is -0.894. The summed E-state index contributed by atoms with van der Waals surface area (Å²) in [6, 6.07) is 30.2. The van der Waals surface area contributed by atoms with Crippen LogP contribution in [-0.4, -0.2) is 142 Å². The molecule has 8 aliphatic carbocycles. The van der Waals surface area contributed by atoms with E-state index in [-0.39, 0.29) is 173 Å². The number of benzene rings is 6. The van der Waals surface area contributed by atoms with E-state index < -0.39 is 135 Å². The molecule has 14 rings (SSSR count). The van der Waals surface area contributed by atoms with E-state index in [0.29, 0.717) is 93.6 Å². The van der Waals surface area contributed by atoms with Gasteiger partial charge >= 0.3 is 23.9 Å². The maximum Gasteiger partial charge on any atom is 0.320 e. The van der Waals surface area contributed by atoms with Crippen molar-refractivity contribution in [2.75, 3.05) is 57.6 Å². The average molecular weight is 1990 g/mol. The highest BCUT2D eigenvalue weighted by molar-refractivity contribution is 7.97. The van der Waals surface area contributed by atoms with Gasteiger partial charge < -0.3 is 49.9 Å². The third-order valence-corrected chi connectivity index (χ3v) is 34.5. The first-order valence-corrected chi connectivity index (χ1v) is 50.3. The van der Waals surface area contributed by atoms with Crippen LogP contribution >= 0.6 is 0 Å². The largest absolute Gasteiger partial charge is 1.00 e. The topological polar surface area (TPSA) is 326 Å². The van der Waals surface area contributed by atoms with E-state index in [2.05, 4.69) is 44.1 Å². The molecule has 0 radical (unpaired) electrons. The van der Waals surface area contributed by atoms with Crippen LogP contribution in [0.5, 0.6) is 0 Å². The smallest absolute Gasteiger partial charge is 0.320 e. The number of carbonyl (C=O) groups is 10. The minimum Gasteiger partial charge on any atom is -1.00 e. The van der Waals surface area contributed by atoms with Crippen LogP contribution in [0.3, 0.4) is 0 Å². The average Bonchev–Trinajstić information content (AvgIpc) is 1.45. The van der Waals surface area contributed by atoms with Crippen molar-refractivity contribution in [3.8, 4) is 0 Å². The standard InChI is InChI=1S/2C28H40O10S.2C18H11F4S.C6H15N.BrH/c2*1-16(4-7-24(32)37-10-11-38-25(33)15-39(34,35)36)19-5-6-20-26-21(14-23(31)28(19,20)3)27(2)9-8-18(29)12-17(27)13-22(26)30;2*19-12-6-13(20)9-17(8-12)23(16-4-2-1-3-5-16)18-10-14(21)7-15(22)11-18;1-4-7(5-2)6-3;/h2*16-17,19-21,26H,4-15H2,1-3H3,(H,34,35,36);2*1-11H;4-6H2,1-3H3;1H/q;;2*+1;;/p-2/t2*16-,17?,19-,20?,21?,26?,27+,28-;;;;/m11..../s1. The molecule has 0 spiro atoms. The summed E-state index contributed by atoms with van der Waals surface area (Å²) in [5, 5.41) is 0. The van der Waals surface area contributed by atoms with Crippen molar-refractivity contribution in [2.45, 2.75) is 207 Å². The first-order chi connectivity index (χ1) is 61.7. The van der Waals surface area contributed by atoms with E-state index in [0.717, 1.165) is 62.8 Å². The van der Waals surface area contributed by atoms with Crippen molar-refractivity contribution in [2.24, 2.45) is 92.7 Å². The molecule has 0 aromatic heterocycles. The van der Waals surface area contributed by atoms with Gasteiger partial charge in [0.2, 0.25) is 0 Å². The maximum atomic E-state index is 13.8. The van der Waals surface area contributed by atoms with Crippen molar-refractivity contribution in [1.82, 2.24) is 0 Å². The molecule has 0 amide bonds. The van der Waals surface area contributed by atoms with E-state index in [1.54, 1.807) is 65.6 Å². The molecule has 34 heteroatoms. The van der Waals surface area contributed by atoms with Crippen LogP contribution in [-0.2, 0) is 109 Å². The number of rotatable bonds is 27. The minimum atomic E-state index is -4.73. The normalized spacial score (nSPS) is 26.2. The van der Waals surface area contributed by atoms with E-state index >= 15 is 0 Å². The zero-order chi connectivity index (χ0) is 96.0. The minimum absolute atomic E-state index is 0. The Morgan fingerprint density at radius 3 is 0.955 bits per heavy atom. The van der Waals surface area contributed by atoms with E-state index in [4.69, 9.17) is 9.47 Å². The predicted molar refractivity (Wildman–Crippen MR) is 467 cm³/mol. The lowest BCUT2D eigenvalue weighted by Crippen LogP contribution is -3.11. The quantitative estimate of drug-likeness (QED) is 0.0125. The van der Waals surface area contributed by atoms with Crippen molar-refractivity contribution < 1.29 is 150 Å². The first-order valence-electron chi connectivity index (χ1n) is 44.6. The van der Waals surface area contributed by atoms with Gasteiger partial charge in [0.15, 0.2) is 29.4 Å². The Morgan fingerprint density at radius 1 is 0.409 bits per heavy atom. The summed E-state index contributed by atoms with van der Waals surface area (Å²) in [6.07, 6.45) is 9.51. The Kier molecular flexibility index (Phi) is 37.7. The summed E-state index contributed by atoms with van der Waals surface area (Å²) >= 11 is 0. The van der Waals surface area contributed by atoms with Crippen LogP contribution in [0, 0.1) is 139 Å². The second-order valence-electron chi connectivity index (χ2n) is 36.7. The summed E-state index contributed by atoms with van der Waals surface area (Å²) in [5.74, 6) is -10.6. The molecule has 0 heterocycles. The van der Waals surface area contributed by atoms with Crippen LogP contribution in [0.1, 0.15) is 178 Å². The number of esters is 4. The third-order valence-electron chi connectivity index (χ3n) is 29.0. The molecule has 16 atom stereocenters. The maximum absolute atomic E-state index is 13.8. The SMILES string of the molecule is CC[NH+](CC)CC.C[C@H](CCC(=O)OCCOC(=O)CS(=O)(=O)[O-])[C@H]1CCC2C3C(=O)CC4CC(=O)CC[C@]4(C)C3CC(=O)[C@@]21C.C[C@H](CCC(=O)OCCOC(=O)CS(=O)(=O)[O-])[C@H]1CCC2C3C(=O)CC4CC(=O)CC[C@]4(C)C3CC(=O)[C@@]21C.Fc1cc(F)cc([S+](c2ccccc2)c2cc(F)cc(F)c2)c1.Fc1cc(F)cc([S+](c2ccccc2)c2cc(F)cc(F)c2)c1.[Br-]. The van der Waals surface area contributed by atoms with Crippen LogP contribution < -0.4 is 21.9 Å². The van der Waals surface area contributed by atoms with Gasteiger partial charge in [0.25, 0.3) is 0 Å². The summed E-state index contributed by atoms with van der Waals surface area (Å²) in [7, 11) is -11.5. The number of ketones is 6. The lowest BCUT2D eigenvalue weighted by atomic mass is 9.44. The second kappa shape index (κ2) is 46.4. The third kappa shape index (κ3) is 26.7. The van der Waals surface area contributed by atoms with E-state index in [1.807, 2.05) is 27.7 Å². The molecule has 6 aromatic rings. The summed E-state index contributed by atoms with van der Waals surface area (Å²) < 4.78 is 191. The number of hydrogen-bond donors (Lipinski definition) is 1. The van der Waals surface area contributed by atoms with E-state index in [1.165, 1.54) is 68.2 Å². The van der Waals surface area contributed by atoms with Gasteiger partial charge in [-0.2, -0.15) is 0 Å². The molecule has 8 aliphatic rings. The number of fused-ring (bicyclic) bond motifs is 10. The van der Waals surface area contributed by atoms with Crippen LogP contribution in [0.2, 0.25) is 0 Å². The fraction of sp³-hybridized carbons (Fsp3) is 0.531. The zero-order valence-corrected chi connectivity index (χ0v) is 80.3. The molecule has 0 aliphatic heterocycles. The van der Waals surface area contributed by atoms with Gasteiger partial charge in [0.1, 0.15) is 139 Å². The number of nitrogens with one attached hydrogen (secondary N) is 1. The molecular weight excluding hydrogens is 1870 g/mol. The number of ether oxygens (including phenoxy) is 4. The number of hydrogen-bond acceptors (Lipinski definition) is 20. The molecule has 21 nitrogen and oxygen atoms in total. The number of carbonyl (C=O) groups excluding carboxylic acids is 10. The second-order valence-corrected chi connectivity index (χ2v) is 43.5. The summed E-state index contributed by atoms with van der Waals surface area (Å²) in [6.45, 7) is 21.8. The first kappa shape index (κ1) is 107. The van der Waals surface area contributed by atoms with Gasteiger partial charge in [-0.15, -0.1) is 0 Å². The Bertz CT molecular complexity index is 4880. The molecule has 0 saturated heterocycles. The highest BCUT2D eigenvalue weighted by Crippen LogP contribution is 2.69. The summed E-state index contributed by atoms with van der Waals surface area (Å²) in [4.78, 5) is 130. The molecule has 1 N–H and O–H groups in total. The monoisotopic (exact) mass is 1990 g/mol. The van der Waals surface area contributed by atoms with Crippen LogP contribution in [0.4, 0.5) is 35.1 Å². The van der Waals surface area contributed by atoms with Gasteiger partial charge in [0, 0.05) is 160 Å².